The number of halogens is 1. The molecule has 0 aliphatic rings. The predicted molar refractivity (Wildman–Crippen MR) is 105 cm³/mol. The molecule has 3 rings (SSSR count). The second kappa shape index (κ2) is 7.36. The Labute approximate surface area is 161 Å². The topological polar surface area (TPSA) is 76.1 Å². The first-order valence-corrected chi connectivity index (χ1v) is 11.3. The van der Waals surface area contributed by atoms with Gasteiger partial charge in [0.15, 0.2) is 15.0 Å². The van der Waals surface area contributed by atoms with Crippen LogP contribution in [0.2, 0.25) is 0 Å². The average molecular weight is 457 g/mol. The Kier molecular flexibility index (Phi) is 5.38. The molecule has 130 valence electrons. The van der Waals surface area contributed by atoms with Gasteiger partial charge in [0, 0.05) is 5.38 Å². The number of anilines is 1. The van der Waals surface area contributed by atoms with Gasteiger partial charge < -0.3 is 5.32 Å². The lowest BCUT2D eigenvalue weighted by molar-refractivity contribution is -0.113. The van der Waals surface area contributed by atoms with Gasteiger partial charge in [-0.2, -0.15) is 0 Å². The first kappa shape index (κ1) is 18.2. The number of aromatic nitrogens is 1. The highest BCUT2D eigenvalue weighted by Crippen LogP contribution is 2.33. The molecule has 5 nitrogen and oxygen atoms in total. The molecule has 0 saturated heterocycles. The second-order valence-corrected chi connectivity index (χ2v) is 10.6. The lowest BCUT2D eigenvalue weighted by atomic mass is 10.2. The fraction of sp³-hybridized carbons (Fsp3) is 0.125. The highest BCUT2D eigenvalue weighted by Gasteiger charge is 2.20. The van der Waals surface area contributed by atoms with Gasteiger partial charge in [-0.15, -0.1) is 22.7 Å². The van der Waals surface area contributed by atoms with E-state index in [1.807, 2.05) is 24.4 Å². The third kappa shape index (κ3) is 4.55. The van der Waals surface area contributed by atoms with E-state index in [2.05, 4.69) is 26.2 Å². The summed E-state index contributed by atoms with van der Waals surface area (Å²) in [6, 6.07) is 10.3. The maximum absolute atomic E-state index is 12.3. The van der Waals surface area contributed by atoms with Crippen LogP contribution in [0.15, 0.2) is 50.5 Å². The van der Waals surface area contributed by atoms with Gasteiger partial charge in [-0.3, -0.25) is 4.79 Å². The van der Waals surface area contributed by atoms with Crippen LogP contribution in [-0.2, 0) is 14.6 Å². The summed E-state index contributed by atoms with van der Waals surface area (Å²) >= 11 is 6.19. The van der Waals surface area contributed by atoms with Crippen molar-refractivity contribution in [1.82, 2.24) is 4.98 Å². The molecule has 2 heterocycles. The Morgan fingerprint density at radius 2 is 1.92 bits per heavy atom. The van der Waals surface area contributed by atoms with Gasteiger partial charge in [-0.1, -0.05) is 17.7 Å². The number of aryl methyl sites for hydroxylation is 1. The molecule has 2 aromatic heterocycles. The summed E-state index contributed by atoms with van der Waals surface area (Å²) in [7, 11) is -3.68. The van der Waals surface area contributed by atoms with Crippen LogP contribution in [0.5, 0.6) is 0 Å². The molecule has 25 heavy (non-hydrogen) atoms. The van der Waals surface area contributed by atoms with E-state index in [0.29, 0.717) is 5.13 Å². The molecular formula is C16H13BrN2O3S3. The van der Waals surface area contributed by atoms with Crippen LogP contribution in [0, 0.1) is 6.92 Å². The fourth-order valence-corrected chi connectivity index (χ4v) is 5.34. The van der Waals surface area contributed by atoms with Crippen molar-refractivity contribution in [1.29, 1.82) is 0 Å². The van der Waals surface area contributed by atoms with Crippen molar-refractivity contribution in [3.63, 3.8) is 0 Å². The summed E-state index contributed by atoms with van der Waals surface area (Å²) < 4.78 is 25.6. The molecule has 0 aliphatic heterocycles. The lowest BCUT2D eigenvalue weighted by Crippen LogP contribution is -2.22. The average Bonchev–Trinajstić information content (AvgIpc) is 3.16. The van der Waals surface area contributed by atoms with Gasteiger partial charge in [-0.05, 0) is 47.1 Å². The molecule has 1 N–H and O–H groups in total. The van der Waals surface area contributed by atoms with Gasteiger partial charge in [0.1, 0.15) is 5.75 Å². The maximum atomic E-state index is 12.3. The molecular weight excluding hydrogens is 444 g/mol. The third-order valence-electron chi connectivity index (χ3n) is 3.28. The molecule has 1 aromatic carbocycles. The Bertz CT molecular complexity index is 1010. The Morgan fingerprint density at radius 1 is 1.20 bits per heavy atom. The molecule has 0 fully saturated rings. The number of sulfone groups is 1. The molecule has 0 atom stereocenters. The van der Waals surface area contributed by atoms with Gasteiger partial charge in [-0.25, -0.2) is 13.4 Å². The van der Waals surface area contributed by atoms with E-state index in [1.165, 1.54) is 34.8 Å². The molecule has 0 spiro atoms. The van der Waals surface area contributed by atoms with E-state index in [1.54, 1.807) is 12.1 Å². The zero-order chi connectivity index (χ0) is 18.0. The summed E-state index contributed by atoms with van der Waals surface area (Å²) in [5, 5.41) is 4.76. The van der Waals surface area contributed by atoms with E-state index in [-0.39, 0.29) is 4.90 Å². The molecule has 0 bridgehead atoms. The van der Waals surface area contributed by atoms with Gasteiger partial charge >= 0.3 is 0 Å². The van der Waals surface area contributed by atoms with Crippen molar-refractivity contribution in [2.75, 3.05) is 11.1 Å². The lowest BCUT2D eigenvalue weighted by Gasteiger charge is -2.05. The van der Waals surface area contributed by atoms with Crippen LogP contribution in [-0.4, -0.2) is 25.1 Å². The van der Waals surface area contributed by atoms with Gasteiger partial charge in [0.05, 0.1) is 19.3 Å². The number of hydrogen-bond acceptors (Lipinski definition) is 6. The summed E-state index contributed by atoms with van der Waals surface area (Å²) in [4.78, 5) is 17.5. The number of carbonyl (C=O) groups excluding carboxylic acids is 1. The fourth-order valence-electron chi connectivity index (χ4n) is 2.05. The molecule has 0 unspecified atom stereocenters. The SMILES string of the molecule is Cc1ccc(S(=O)(=O)CC(=O)Nc2nc(-c3ccc(Br)s3)cs2)cc1. The maximum Gasteiger partial charge on any atom is 0.241 e. The van der Waals surface area contributed by atoms with Crippen molar-refractivity contribution in [3.8, 4) is 10.6 Å². The monoisotopic (exact) mass is 456 g/mol. The van der Waals surface area contributed by atoms with Crippen molar-refractivity contribution in [3.05, 3.63) is 51.1 Å². The molecule has 0 saturated carbocycles. The summed E-state index contributed by atoms with van der Waals surface area (Å²) in [6.07, 6.45) is 0. The third-order valence-corrected chi connectivity index (χ3v) is 7.31. The largest absolute Gasteiger partial charge is 0.301 e. The minimum Gasteiger partial charge on any atom is -0.301 e. The number of nitrogens with one attached hydrogen (secondary N) is 1. The molecule has 0 radical (unpaired) electrons. The van der Waals surface area contributed by atoms with Crippen molar-refractivity contribution >= 4 is 59.5 Å². The molecule has 3 aromatic rings. The zero-order valence-electron chi connectivity index (χ0n) is 13.0. The number of thiophene rings is 1. The quantitative estimate of drug-likeness (QED) is 0.618. The van der Waals surface area contributed by atoms with Crippen LogP contribution in [0.25, 0.3) is 10.6 Å². The van der Waals surface area contributed by atoms with Crippen LogP contribution in [0.4, 0.5) is 5.13 Å². The Hall–Kier alpha value is -1.55. The highest BCUT2D eigenvalue weighted by molar-refractivity contribution is 9.11. The van der Waals surface area contributed by atoms with Gasteiger partial charge in [0.2, 0.25) is 5.91 Å². The zero-order valence-corrected chi connectivity index (χ0v) is 17.1. The summed E-state index contributed by atoms with van der Waals surface area (Å²) in [6.45, 7) is 1.87. The molecule has 1 amide bonds. The molecule has 9 heteroatoms. The number of nitrogens with zero attached hydrogens (tertiary/aromatic N) is 1. The standard InChI is InChI=1S/C16H13BrN2O3S3/c1-10-2-4-11(5-3-10)25(21,22)9-15(20)19-16-18-12(8-23-16)13-6-7-14(17)24-13/h2-8H,9H2,1H3,(H,18,19,20). The summed E-state index contributed by atoms with van der Waals surface area (Å²) in [5.74, 6) is -1.22. The van der Waals surface area contributed by atoms with Crippen molar-refractivity contribution in [2.24, 2.45) is 0 Å². The van der Waals surface area contributed by atoms with Crippen LogP contribution >= 0.6 is 38.6 Å². The number of amides is 1. The first-order chi connectivity index (χ1) is 11.8. The number of rotatable bonds is 5. The number of hydrogen-bond donors (Lipinski definition) is 1. The Balaban J connectivity index is 1.68. The van der Waals surface area contributed by atoms with E-state index >= 15 is 0 Å². The van der Waals surface area contributed by atoms with Crippen LogP contribution < -0.4 is 5.32 Å². The number of benzene rings is 1. The molecule has 0 aliphatic carbocycles. The van der Waals surface area contributed by atoms with Crippen LogP contribution in [0.1, 0.15) is 5.56 Å². The van der Waals surface area contributed by atoms with Crippen LogP contribution in [0.3, 0.4) is 0 Å². The number of carbonyl (C=O) groups is 1. The minimum atomic E-state index is -3.68. The van der Waals surface area contributed by atoms with E-state index < -0.39 is 21.5 Å². The van der Waals surface area contributed by atoms with Gasteiger partial charge in [0.25, 0.3) is 0 Å². The normalized spacial score (nSPS) is 11.4. The first-order valence-electron chi connectivity index (χ1n) is 7.14. The van der Waals surface area contributed by atoms with E-state index in [0.717, 1.165) is 19.9 Å². The highest BCUT2D eigenvalue weighted by atomic mass is 79.9. The smallest absolute Gasteiger partial charge is 0.241 e. The predicted octanol–water partition coefficient (Wildman–Crippen LogP) is 4.35. The second-order valence-electron chi connectivity index (χ2n) is 5.26. The number of thiazole rings is 1. The van der Waals surface area contributed by atoms with E-state index in [4.69, 9.17) is 0 Å². The van der Waals surface area contributed by atoms with Crippen molar-refractivity contribution in [2.45, 2.75) is 11.8 Å². The van der Waals surface area contributed by atoms with Crippen molar-refractivity contribution < 1.29 is 13.2 Å². The minimum absolute atomic E-state index is 0.136. The Morgan fingerprint density at radius 3 is 2.56 bits per heavy atom. The summed E-state index contributed by atoms with van der Waals surface area (Å²) in [5.41, 5.74) is 1.70. The van der Waals surface area contributed by atoms with E-state index in [9.17, 15) is 13.2 Å².